The lowest BCUT2D eigenvalue weighted by Gasteiger charge is -2.58. The Morgan fingerprint density at radius 1 is 1.19 bits per heavy atom. The largest absolute Gasteiger partial charge is 0.393 e. The Bertz CT molecular complexity index is 466. The first-order valence-corrected chi connectivity index (χ1v) is 9.34. The van der Waals surface area contributed by atoms with E-state index in [4.69, 9.17) is 0 Å². The normalized spacial score (nSPS) is 56.2. The summed E-state index contributed by atoms with van der Waals surface area (Å²) in [6.45, 7) is 7.39. The van der Waals surface area contributed by atoms with Gasteiger partial charge in [0.25, 0.3) is 0 Å². The van der Waals surface area contributed by atoms with Crippen molar-refractivity contribution < 1.29 is 5.11 Å². The molecule has 3 fully saturated rings. The van der Waals surface area contributed by atoms with Crippen molar-refractivity contribution >= 4 is 0 Å². The smallest absolute Gasteiger partial charge is 0.0599 e. The highest BCUT2D eigenvalue weighted by atomic mass is 16.3. The molecule has 0 spiro atoms. The van der Waals surface area contributed by atoms with Crippen LogP contribution in [0.3, 0.4) is 0 Å². The topological polar surface area (TPSA) is 20.2 Å². The first-order chi connectivity index (χ1) is 9.97. The van der Waals surface area contributed by atoms with Crippen LogP contribution < -0.4 is 0 Å². The minimum absolute atomic E-state index is 0.0467. The Balaban J connectivity index is 1.71. The molecule has 0 bridgehead atoms. The maximum Gasteiger partial charge on any atom is 0.0599 e. The van der Waals surface area contributed by atoms with Crippen LogP contribution in [0.5, 0.6) is 0 Å². The van der Waals surface area contributed by atoms with E-state index in [1.165, 1.54) is 44.9 Å². The van der Waals surface area contributed by atoms with E-state index < -0.39 is 0 Å². The molecule has 4 aliphatic rings. The van der Waals surface area contributed by atoms with Crippen molar-refractivity contribution in [1.29, 1.82) is 0 Å². The summed E-state index contributed by atoms with van der Waals surface area (Å²) in [5.41, 5.74) is 2.51. The Morgan fingerprint density at radius 2 is 2.00 bits per heavy atom. The van der Waals surface area contributed by atoms with Gasteiger partial charge in [-0.05, 0) is 85.9 Å². The molecular weight excluding hydrogens is 256 g/mol. The molecule has 118 valence electrons. The van der Waals surface area contributed by atoms with E-state index in [1.807, 2.05) is 0 Å². The molecular formula is C20H32O. The van der Waals surface area contributed by atoms with Crippen LogP contribution in [0, 0.1) is 34.5 Å². The van der Waals surface area contributed by atoms with Crippen molar-refractivity contribution in [2.24, 2.45) is 34.5 Å². The average Bonchev–Trinajstić information content (AvgIpc) is 2.68. The van der Waals surface area contributed by atoms with E-state index in [9.17, 15) is 5.11 Å². The van der Waals surface area contributed by atoms with Gasteiger partial charge in [0.15, 0.2) is 0 Å². The van der Waals surface area contributed by atoms with Crippen molar-refractivity contribution in [2.45, 2.75) is 78.2 Å². The second-order valence-corrected chi connectivity index (χ2v) is 9.15. The van der Waals surface area contributed by atoms with E-state index in [1.54, 1.807) is 5.57 Å². The molecule has 4 aliphatic carbocycles. The van der Waals surface area contributed by atoms with Gasteiger partial charge in [0.1, 0.15) is 0 Å². The summed E-state index contributed by atoms with van der Waals surface area (Å²) in [6, 6.07) is 0. The molecule has 0 aromatic rings. The molecule has 7 atom stereocenters. The molecule has 4 rings (SSSR count). The van der Waals surface area contributed by atoms with Crippen LogP contribution in [-0.2, 0) is 0 Å². The summed E-state index contributed by atoms with van der Waals surface area (Å²) in [5.74, 6) is 3.25. The minimum Gasteiger partial charge on any atom is -0.393 e. The summed E-state index contributed by atoms with van der Waals surface area (Å²) < 4.78 is 0. The lowest BCUT2D eigenvalue weighted by Crippen LogP contribution is -2.51. The molecule has 1 N–H and O–H groups in total. The zero-order chi connectivity index (χ0) is 14.8. The van der Waals surface area contributed by atoms with Crippen molar-refractivity contribution in [3.05, 3.63) is 11.6 Å². The van der Waals surface area contributed by atoms with Gasteiger partial charge in [-0.3, -0.25) is 0 Å². The van der Waals surface area contributed by atoms with Crippen LogP contribution in [0.15, 0.2) is 11.6 Å². The Morgan fingerprint density at radius 3 is 2.81 bits per heavy atom. The third-order valence-electron chi connectivity index (χ3n) is 8.29. The average molecular weight is 288 g/mol. The van der Waals surface area contributed by atoms with E-state index in [0.29, 0.717) is 5.41 Å². The summed E-state index contributed by atoms with van der Waals surface area (Å²) in [5, 5.41) is 10.6. The van der Waals surface area contributed by atoms with Gasteiger partial charge in [-0.1, -0.05) is 32.4 Å². The van der Waals surface area contributed by atoms with Gasteiger partial charge in [0.2, 0.25) is 0 Å². The Kier molecular flexibility index (Phi) is 3.13. The fourth-order valence-electron chi connectivity index (χ4n) is 7.26. The molecule has 0 saturated heterocycles. The van der Waals surface area contributed by atoms with Crippen LogP contribution in [0.2, 0.25) is 0 Å². The highest BCUT2D eigenvalue weighted by Crippen LogP contribution is 2.66. The number of fused-ring (bicyclic) bond motifs is 5. The molecule has 0 aliphatic heterocycles. The van der Waals surface area contributed by atoms with Gasteiger partial charge in [0, 0.05) is 0 Å². The summed E-state index contributed by atoms with van der Waals surface area (Å²) in [6.07, 6.45) is 13.1. The zero-order valence-electron chi connectivity index (χ0n) is 14.1. The maximum absolute atomic E-state index is 10.6. The number of allylic oxidation sites excluding steroid dienone is 2. The molecule has 0 aromatic carbocycles. The van der Waals surface area contributed by atoms with E-state index >= 15 is 0 Å². The highest BCUT2D eigenvalue weighted by Gasteiger charge is 2.60. The standard InChI is InChI=1S/C20H32O/c1-13-12-17(21)20(3)11-9-16-15(18(13)20)8-7-14-6-4-5-10-19(14,16)2/h6,13,15-18,21H,4-5,7-12H2,1-3H3/t13?,15-,16-,17?,18+,19+,20-/m1/s1. The van der Waals surface area contributed by atoms with Gasteiger partial charge in [0.05, 0.1) is 6.10 Å². The van der Waals surface area contributed by atoms with Crippen LogP contribution in [0.4, 0.5) is 0 Å². The number of hydrogen-bond acceptors (Lipinski definition) is 1. The number of aliphatic hydroxyl groups is 1. The molecule has 0 heterocycles. The predicted molar refractivity (Wildman–Crippen MR) is 86.9 cm³/mol. The molecule has 21 heavy (non-hydrogen) atoms. The molecule has 2 unspecified atom stereocenters. The monoisotopic (exact) mass is 288 g/mol. The molecule has 1 nitrogen and oxygen atoms in total. The summed E-state index contributed by atoms with van der Waals surface area (Å²) in [4.78, 5) is 0. The van der Waals surface area contributed by atoms with E-state index in [2.05, 4.69) is 26.8 Å². The van der Waals surface area contributed by atoms with Gasteiger partial charge in [-0.2, -0.15) is 0 Å². The number of hydrogen-bond donors (Lipinski definition) is 1. The van der Waals surface area contributed by atoms with Crippen molar-refractivity contribution in [2.75, 3.05) is 0 Å². The third-order valence-corrected chi connectivity index (χ3v) is 8.29. The van der Waals surface area contributed by atoms with E-state index in [0.717, 1.165) is 30.1 Å². The Hall–Kier alpha value is -0.300. The molecule has 0 aromatic heterocycles. The fraction of sp³-hybridized carbons (Fsp3) is 0.900. The van der Waals surface area contributed by atoms with Crippen LogP contribution in [0.1, 0.15) is 72.1 Å². The van der Waals surface area contributed by atoms with Gasteiger partial charge in [-0.25, -0.2) is 0 Å². The van der Waals surface area contributed by atoms with Crippen molar-refractivity contribution in [1.82, 2.24) is 0 Å². The second kappa shape index (κ2) is 4.60. The predicted octanol–water partition coefficient (Wildman–Crippen LogP) is 4.95. The van der Waals surface area contributed by atoms with Crippen LogP contribution in [-0.4, -0.2) is 11.2 Å². The van der Waals surface area contributed by atoms with Crippen LogP contribution >= 0.6 is 0 Å². The van der Waals surface area contributed by atoms with Gasteiger partial charge in [-0.15, -0.1) is 0 Å². The quantitative estimate of drug-likeness (QED) is 0.626. The number of aliphatic hydroxyl groups excluding tert-OH is 1. The Labute approximate surface area is 130 Å². The first kappa shape index (κ1) is 14.3. The van der Waals surface area contributed by atoms with Crippen molar-refractivity contribution in [3.8, 4) is 0 Å². The molecule has 3 saturated carbocycles. The highest BCUT2D eigenvalue weighted by molar-refractivity contribution is 5.24. The lowest BCUT2D eigenvalue weighted by atomic mass is 9.47. The minimum atomic E-state index is -0.0467. The van der Waals surface area contributed by atoms with Crippen LogP contribution in [0.25, 0.3) is 0 Å². The summed E-state index contributed by atoms with van der Waals surface area (Å²) in [7, 11) is 0. The molecule has 0 amide bonds. The fourth-order valence-corrected chi connectivity index (χ4v) is 7.26. The molecule has 1 heteroatoms. The first-order valence-electron chi connectivity index (χ1n) is 9.34. The number of rotatable bonds is 0. The maximum atomic E-state index is 10.6. The van der Waals surface area contributed by atoms with Crippen molar-refractivity contribution in [3.63, 3.8) is 0 Å². The molecule has 0 radical (unpaired) electrons. The second-order valence-electron chi connectivity index (χ2n) is 9.15. The zero-order valence-corrected chi connectivity index (χ0v) is 14.1. The third kappa shape index (κ3) is 1.79. The lowest BCUT2D eigenvalue weighted by molar-refractivity contribution is -0.0806. The van der Waals surface area contributed by atoms with Gasteiger partial charge < -0.3 is 5.11 Å². The SMILES string of the molecule is CC1CC(O)[C@@]2(C)CC[C@@H]3[C@@H](CCC4=CCCC[C@@]43C)[C@H]12. The summed E-state index contributed by atoms with van der Waals surface area (Å²) >= 11 is 0. The van der Waals surface area contributed by atoms with E-state index in [-0.39, 0.29) is 11.5 Å². The van der Waals surface area contributed by atoms with Gasteiger partial charge >= 0.3 is 0 Å².